The zero-order valence-electron chi connectivity index (χ0n) is 13.2. The molecule has 0 radical (unpaired) electrons. The zero-order chi connectivity index (χ0) is 16.2. The fourth-order valence-corrected chi connectivity index (χ4v) is 3.69. The van der Waals surface area contributed by atoms with Crippen LogP contribution in [0.1, 0.15) is 37.9 Å². The van der Waals surface area contributed by atoms with Crippen LogP contribution in [0.25, 0.3) is 0 Å². The Morgan fingerprint density at radius 3 is 2.70 bits per heavy atom. The van der Waals surface area contributed by atoms with E-state index in [9.17, 15) is 14.7 Å². The summed E-state index contributed by atoms with van der Waals surface area (Å²) in [5.74, 6) is 1.34. The van der Waals surface area contributed by atoms with Gasteiger partial charge in [0.2, 0.25) is 5.91 Å². The summed E-state index contributed by atoms with van der Waals surface area (Å²) in [4.78, 5) is 23.3. The summed E-state index contributed by atoms with van der Waals surface area (Å²) < 4.78 is 4.97. The molecule has 0 aromatic carbocycles. The van der Waals surface area contributed by atoms with E-state index in [2.05, 4.69) is 15.8 Å². The number of carbonyl (C=O) groups excluding carboxylic acids is 1. The van der Waals surface area contributed by atoms with Crippen LogP contribution in [0.4, 0.5) is 0 Å². The van der Waals surface area contributed by atoms with E-state index < -0.39 is 0 Å². The van der Waals surface area contributed by atoms with E-state index in [1.54, 1.807) is 0 Å². The minimum absolute atomic E-state index is 0.0150. The molecule has 1 atom stereocenters. The number of rotatable bonds is 6. The Hall–Kier alpha value is -1.60. The Morgan fingerprint density at radius 2 is 2.09 bits per heavy atom. The Bertz CT molecular complexity index is 570. The number of piperidine rings is 1. The SMILES string of the molecule is O=C(CCc1cc(=O)[nH]o1)N[C@H](C1CCNCC1)C1CC(O)C1. The van der Waals surface area contributed by atoms with E-state index >= 15 is 0 Å². The molecule has 1 aromatic rings. The summed E-state index contributed by atoms with van der Waals surface area (Å²) in [6.07, 6.45) is 4.18. The smallest absolute Gasteiger partial charge is 0.280 e. The van der Waals surface area contributed by atoms with Gasteiger partial charge in [-0.3, -0.25) is 9.59 Å². The van der Waals surface area contributed by atoms with E-state index in [0.717, 1.165) is 38.8 Å². The van der Waals surface area contributed by atoms with Crippen LogP contribution >= 0.6 is 0 Å². The Morgan fingerprint density at radius 1 is 1.35 bits per heavy atom. The Labute approximate surface area is 134 Å². The number of hydrogen-bond donors (Lipinski definition) is 4. The number of aromatic amines is 1. The van der Waals surface area contributed by atoms with Crippen LogP contribution in [0.3, 0.4) is 0 Å². The molecule has 4 N–H and O–H groups in total. The van der Waals surface area contributed by atoms with Crippen molar-refractivity contribution in [1.82, 2.24) is 15.8 Å². The fourth-order valence-electron chi connectivity index (χ4n) is 3.69. The highest BCUT2D eigenvalue weighted by Crippen LogP contribution is 2.35. The van der Waals surface area contributed by atoms with Gasteiger partial charge in [-0.25, -0.2) is 0 Å². The summed E-state index contributed by atoms with van der Waals surface area (Å²) in [6.45, 7) is 1.97. The maximum absolute atomic E-state index is 12.3. The summed E-state index contributed by atoms with van der Waals surface area (Å²) in [5, 5.41) is 18.3. The third kappa shape index (κ3) is 4.23. The Kier molecular flexibility index (Phi) is 5.17. The standard InChI is InChI=1S/C16H25N3O4/c20-12-7-11(8-12)16(10-3-5-17-6-4-10)18-14(21)2-1-13-9-15(22)19-23-13/h9-12,16-17,20H,1-8H2,(H,18,21)(H,19,22)/t11?,12?,16-/m1/s1. The number of hydrogen-bond acceptors (Lipinski definition) is 5. The van der Waals surface area contributed by atoms with Gasteiger partial charge in [-0.1, -0.05) is 0 Å². The summed E-state index contributed by atoms with van der Waals surface area (Å²) >= 11 is 0. The van der Waals surface area contributed by atoms with Crippen molar-refractivity contribution in [2.45, 2.75) is 50.7 Å². The van der Waals surface area contributed by atoms with Crippen LogP contribution in [0.2, 0.25) is 0 Å². The quantitative estimate of drug-likeness (QED) is 0.596. The van der Waals surface area contributed by atoms with Gasteiger partial charge in [0.1, 0.15) is 5.76 Å². The van der Waals surface area contributed by atoms with Crippen molar-refractivity contribution in [3.8, 4) is 0 Å². The second-order valence-electron chi connectivity index (χ2n) is 6.75. The largest absolute Gasteiger partial charge is 0.393 e. The van der Waals surface area contributed by atoms with Crippen LogP contribution in [0.5, 0.6) is 0 Å². The van der Waals surface area contributed by atoms with E-state index in [1.165, 1.54) is 6.07 Å². The number of aryl methyl sites for hydroxylation is 1. The van der Waals surface area contributed by atoms with Gasteiger partial charge in [0.25, 0.3) is 5.56 Å². The number of aliphatic hydroxyl groups excluding tert-OH is 1. The molecule has 23 heavy (non-hydrogen) atoms. The minimum atomic E-state index is -0.281. The molecule has 1 aromatic heterocycles. The summed E-state index contributed by atoms with van der Waals surface area (Å²) in [6, 6.07) is 1.52. The molecule has 2 fully saturated rings. The molecule has 7 nitrogen and oxygen atoms in total. The molecule has 1 aliphatic carbocycles. The second-order valence-corrected chi connectivity index (χ2v) is 6.75. The fraction of sp³-hybridized carbons (Fsp3) is 0.750. The predicted octanol–water partition coefficient (Wildman–Crippen LogP) is 0.156. The van der Waals surface area contributed by atoms with Gasteiger partial charge in [0, 0.05) is 24.9 Å². The highest BCUT2D eigenvalue weighted by molar-refractivity contribution is 5.76. The van der Waals surface area contributed by atoms with Crippen LogP contribution in [0.15, 0.2) is 15.4 Å². The number of aromatic nitrogens is 1. The monoisotopic (exact) mass is 323 g/mol. The van der Waals surface area contributed by atoms with Gasteiger partial charge >= 0.3 is 0 Å². The average molecular weight is 323 g/mol. The van der Waals surface area contributed by atoms with Crippen molar-refractivity contribution in [3.05, 3.63) is 22.2 Å². The van der Waals surface area contributed by atoms with Crippen molar-refractivity contribution < 1.29 is 14.4 Å². The number of carbonyl (C=O) groups is 1. The van der Waals surface area contributed by atoms with E-state index in [-0.39, 0.29) is 23.6 Å². The molecule has 1 saturated heterocycles. The lowest BCUT2D eigenvalue weighted by molar-refractivity contribution is -0.123. The summed E-state index contributed by atoms with van der Waals surface area (Å²) in [5.41, 5.74) is -0.281. The highest BCUT2D eigenvalue weighted by Gasteiger charge is 2.39. The predicted molar refractivity (Wildman–Crippen MR) is 83.9 cm³/mol. The van der Waals surface area contributed by atoms with Crippen LogP contribution in [-0.2, 0) is 11.2 Å². The minimum Gasteiger partial charge on any atom is -0.393 e. The van der Waals surface area contributed by atoms with E-state index in [4.69, 9.17) is 4.52 Å². The molecule has 2 aliphatic rings. The van der Waals surface area contributed by atoms with Crippen molar-refractivity contribution in [2.75, 3.05) is 13.1 Å². The third-order valence-electron chi connectivity index (χ3n) is 5.05. The molecule has 0 unspecified atom stereocenters. The van der Waals surface area contributed by atoms with Crippen molar-refractivity contribution in [2.24, 2.45) is 11.8 Å². The first-order valence-electron chi connectivity index (χ1n) is 8.47. The van der Waals surface area contributed by atoms with Gasteiger partial charge in [-0.15, -0.1) is 0 Å². The van der Waals surface area contributed by atoms with E-state index in [0.29, 0.717) is 30.4 Å². The lowest BCUT2D eigenvalue weighted by Crippen LogP contribution is -2.52. The van der Waals surface area contributed by atoms with Gasteiger partial charge in [0.15, 0.2) is 0 Å². The molecule has 128 valence electrons. The van der Waals surface area contributed by atoms with Gasteiger partial charge in [-0.2, -0.15) is 5.16 Å². The van der Waals surface area contributed by atoms with Crippen LogP contribution in [-0.4, -0.2) is 41.4 Å². The Balaban J connectivity index is 1.54. The molecule has 2 heterocycles. The zero-order valence-corrected chi connectivity index (χ0v) is 13.2. The molecule has 1 amide bonds. The normalized spacial score (nSPS) is 26.5. The van der Waals surface area contributed by atoms with Crippen LogP contribution < -0.4 is 16.2 Å². The first-order chi connectivity index (χ1) is 11.1. The molecule has 3 rings (SSSR count). The second kappa shape index (κ2) is 7.31. The lowest BCUT2D eigenvalue weighted by Gasteiger charge is -2.43. The summed E-state index contributed by atoms with van der Waals surface area (Å²) in [7, 11) is 0. The number of nitrogens with one attached hydrogen (secondary N) is 3. The highest BCUT2D eigenvalue weighted by atomic mass is 16.5. The number of aliphatic hydroxyl groups is 1. The molecule has 0 spiro atoms. The van der Waals surface area contributed by atoms with Gasteiger partial charge in [0.05, 0.1) is 6.10 Å². The topological polar surface area (TPSA) is 107 Å². The van der Waals surface area contributed by atoms with E-state index in [1.807, 2.05) is 0 Å². The molecule has 1 saturated carbocycles. The molecular formula is C16H25N3O4. The average Bonchev–Trinajstić information content (AvgIpc) is 2.94. The van der Waals surface area contributed by atoms with Crippen LogP contribution in [0, 0.1) is 11.8 Å². The van der Waals surface area contributed by atoms with Crippen molar-refractivity contribution >= 4 is 5.91 Å². The first kappa shape index (κ1) is 16.3. The van der Waals surface area contributed by atoms with Crippen molar-refractivity contribution in [3.63, 3.8) is 0 Å². The molecule has 1 aliphatic heterocycles. The van der Waals surface area contributed by atoms with Gasteiger partial charge < -0.3 is 20.3 Å². The third-order valence-corrected chi connectivity index (χ3v) is 5.05. The molecule has 0 bridgehead atoms. The van der Waals surface area contributed by atoms with Crippen molar-refractivity contribution in [1.29, 1.82) is 0 Å². The lowest BCUT2D eigenvalue weighted by atomic mass is 9.71. The first-order valence-corrected chi connectivity index (χ1v) is 8.47. The number of amides is 1. The molecule has 7 heteroatoms. The van der Waals surface area contributed by atoms with Gasteiger partial charge in [-0.05, 0) is 50.6 Å². The molecular weight excluding hydrogens is 298 g/mol. The maximum Gasteiger partial charge on any atom is 0.280 e. The maximum atomic E-state index is 12.3. The number of H-pyrrole nitrogens is 1.